The highest BCUT2D eigenvalue weighted by Gasteiger charge is 2.34. The Kier molecular flexibility index (Phi) is 7.90. The molecule has 212 valence electrons. The van der Waals surface area contributed by atoms with Crippen molar-refractivity contribution in [1.82, 2.24) is 30.4 Å². The smallest absolute Gasteiger partial charge is 0.248 e. The van der Waals surface area contributed by atoms with Gasteiger partial charge in [-0.3, -0.25) is 9.59 Å². The molecule has 3 heterocycles. The minimum atomic E-state index is -0.871. The van der Waals surface area contributed by atoms with Gasteiger partial charge in [0.05, 0.1) is 5.56 Å². The molecule has 1 saturated carbocycles. The molecule has 2 aromatic heterocycles. The minimum Gasteiger partial charge on any atom is -0.454 e. The lowest BCUT2D eigenvalue weighted by Crippen LogP contribution is -2.47. The molecule has 2 aromatic carbocycles. The number of hydrogen-bond donors (Lipinski definition) is 1. The number of carbonyl (C=O) groups is 2. The number of thiophene rings is 1. The van der Waals surface area contributed by atoms with E-state index in [2.05, 4.69) is 20.7 Å². The van der Waals surface area contributed by atoms with Gasteiger partial charge in [0.25, 0.3) is 0 Å². The summed E-state index contributed by atoms with van der Waals surface area (Å²) >= 11 is 1.42. The highest BCUT2D eigenvalue weighted by Crippen LogP contribution is 2.34. The molecule has 0 saturated heterocycles. The molecule has 2 aliphatic rings. The van der Waals surface area contributed by atoms with Gasteiger partial charge in [0, 0.05) is 17.5 Å². The van der Waals surface area contributed by atoms with Gasteiger partial charge in [-0.05, 0) is 59.3 Å². The molecular formula is C29H29FN6O4S. The second-order valence-corrected chi connectivity index (χ2v) is 11.1. The second kappa shape index (κ2) is 12.0. The number of carbonyl (C=O) groups excluding carboxylic acids is 2. The van der Waals surface area contributed by atoms with Crippen LogP contribution in [0.3, 0.4) is 0 Å². The van der Waals surface area contributed by atoms with E-state index in [4.69, 9.17) is 9.47 Å². The Hall–Kier alpha value is -4.32. The van der Waals surface area contributed by atoms with Crippen molar-refractivity contribution in [1.29, 1.82) is 0 Å². The van der Waals surface area contributed by atoms with Crippen LogP contribution in [0.2, 0.25) is 0 Å². The number of tetrazole rings is 1. The van der Waals surface area contributed by atoms with Crippen LogP contribution in [-0.4, -0.2) is 49.8 Å². The van der Waals surface area contributed by atoms with Crippen LogP contribution in [0, 0.1) is 5.82 Å². The molecule has 4 aromatic rings. The van der Waals surface area contributed by atoms with Crippen molar-refractivity contribution < 1.29 is 23.5 Å². The number of halogens is 1. The van der Waals surface area contributed by atoms with Crippen LogP contribution >= 0.6 is 11.3 Å². The number of amides is 2. The van der Waals surface area contributed by atoms with Gasteiger partial charge in [-0.15, -0.1) is 21.5 Å². The third-order valence-electron chi connectivity index (χ3n) is 7.28. The molecule has 1 aliphatic heterocycles. The van der Waals surface area contributed by atoms with Crippen LogP contribution < -0.4 is 14.8 Å². The van der Waals surface area contributed by atoms with Crippen molar-refractivity contribution in [3.05, 3.63) is 76.2 Å². The van der Waals surface area contributed by atoms with Crippen molar-refractivity contribution in [2.75, 3.05) is 6.79 Å². The lowest BCUT2D eigenvalue weighted by atomic mass is 9.95. The van der Waals surface area contributed by atoms with E-state index < -0.39 is 17.8 Å². The van der Waals surface area contributed by atoms with Crippen LogP contribution in [0.25, 0.3) is 11.4 Å². The van der Waals surface area contributed by atoms with Crippen LogP contribution in [0.1, 0.15) is 48.6 Å². The molecule has 41 heavy (non-hydrogen) atoms. The summed E-state index contributed by atoms with van der Waals surface area (Å²) in [6.45, 7) is -0.0268. The zero-order chi connectivity index (χ0) is 28.2. The summed E-state index contributed by atoms with van der Waals surface area (Å²) in [5.74, 6) is 0.179. The Bertz CT molecular complexity index is 1520. The van der Waals surface area contributed by atoms with E-state index in [9.17, 15) is 14.0 Å². The Morgan fingerprint density at radius 3 is 2.71 bits per heavy atom. The lowest BCUT2D eigenvalue weighted by molar-refractivity contribution is -0.142. The molecule has 2 amide bonds. The summed E-state index contributed by atoms with van der Waals surface area (Å²) in [7, 11) is 0. The van der Waals surface area contributed by atoms with Crippen molar-refractivity contribution in [2.45, 2.75) is 57.3 Å². The van der Waals surface area contributed by atoms with Gasteiger partial charge in [0.15, 0.2) is 11.5 Å². The van der Waals surface area contributed by atoms with E-state index in [0.717, 1.165) is 47.3 Å². The zero-order valence-electron chi connectivity index (χ0n) is 22.2. The van der Waals surface area contributed by atoms with Crippen molar-refractivity contribution in [3.8, 4) is 22.9 Å². The monoisotopic (exact) mass is 576 g/mol. The van der Waals surface area contributed by atoms with E-state index in [-0.39, 0.29) is 43.2 Å². The van der Waals surface area contributed by atoms with E-state index in [1.165, 1.54) is 22.3 Å². The van der Waals surface area contributed by atoms with Crippen molar-refractivity contribution in [2.24, 2.45) is 0 Å². The number of aromatic nitrogens is 4. The summed E-state index contributed by atoms with van der Waals surface area (Å²) < 4.78 is 25.3. The molecule has 0 spiro atoms. The van der Waals surface area contributed by atoms with Crippen molar-refractivity contribution >= 4 is 23.2 Å². The first-order chi connectivity index (χ1) is 20.0. The van der Waals surface area contributed by atoms with Crippen LogP contribution in [0.15, 0.2) is 60.0 Å². The number of nitrogens with zero attached hydrogens (tertiary/aromatic N) is 5. The molecule has 0 unspecified atom stereocenters. The Morgan fingerprint density at radius 2 is 1.90 bits per heavy atom. The first-order valence-electron chi connectivity index (χ1n) is 13.6. The average Bonchev–Trinajstić information content (AvgIpc) is 3.76. The predicted octanol–water partition coefficient (Wildman–Crippen LogP) is 4.49. The molecular weight excluding hydrogens is 547 g/mol. The standard InChI is InChI=1S/C29H29FN6O4S/c30-22-10-5-4-9-21(22)28-32-34-36(33-28)17-26(37)35(16-19-12-13-23-24(15-19)40-18-39-23)27(25-11-6-14-41-25)29(38)31-20-7-2-1-3-8-20/h4-6,9-15,20,27H,1-3,7-8,16-18H2,(H,31,38)/t27-/m1/s1. The number of rotatable bonds is 9. The first-order valence-corrected chi connectivity index (χ1v) is 14.5. The Morgan fingerprint density at radius 1 is 1.07 bits per heavy atom. The van der Waals surface area contributed by atoms with Gasteiger partial charge in [0.1, 0.15) is 18.4 Å². The van der Waals surface area contributed by atoms with Gasteiger partial charge >= 0.3 is 0 Å². The van der Waals surface area contributed by atoms with E-state index in [0.29, 0.717) is 11.5 Å². The molecule has 1 aliphatic carbocycles. The highest BCUT2D eigenvalue weighted by molar-refractivity contribution is 7.10. The molecule has 1 atom stereocenters. The van der Waals surface area contributed by atoms with Crippen LogP contribution in [0.4, 0.5) is 4.39 Å². The molecule has 1 N–H and O–H groups in total. The molecule has 0 radical (unpaired) electrons. The zero-order valence-corrected chi connectivity index (χ0v) is 23.1. The number of hydrogen-bond acceptors (Lipinski definition) is 8. The fourth-order valence-corrected chi connectivity index (χ4v) is 6.06. The quantitative estimate of drug-likeness (QED) is 0.313. The topological polar surface area (TPSA) is 111 Å². The number of benzene rings is 2. The van der Waals surface area contributed by atoms with Gasteiger partial charge in [-0.25, -0.2) is 4.39 Å². The SMILES string of the molecule is O=C(NC1CCCCC1)[C@@H](c1cccs1)N(Cc1ccc2c(c1)OCO2)C(=O)Cn1nnc(-c2ccccc2F)n1. The third-order valence-corrected chi connectivity index (χ3v) is 8.20. The van der Waals surface area contributed by atoms with E-state index in [1.54, 1.807) is 24.3 Å². The van der Waals surface area contributed by atoms with Gasteiger partial charge in [0.2, 0.25) is 24.4 Å². The largest absolute Gasteiger partial charge is 0.454 e. The van der Waals surface area contributed by atoms with E-state index >= 15 is 0 Å². The fraction of sp³-hybridized carbons (Fsp3) is 0.345. The molecule has 12 heteroatoms. The molecule has 6 rings (SSSR count). The maximum absolute atomic E-state index is 14.3. The second-order valence-electron chi connectivity index (χ2n) is 10.1. The summed E-state index contributed by atoms with van der Waals surface area (Å²) in [4.78, 5) is 31.3. The van der Waals surface area contributed by atoms with Crippen molar-refractivity contribution in [3.63, 3.8) is 0 Å². The number of ether oxygens (including phenoxy) is 2. The summed E-state index contributed by atoms with van der Waals surface area (Å²) in [6.07, 6.45) is 5.13. The maximum atomic E-state index is 14.3. The fourth-order valence-electron chi connectivity index (χ4n) is 5.23. The minimum absolute atomic E-state index is 0.0708. The number of nitrogens with one attached hydrogen (secondary N) is 1. The maximum Gasteiger partial charge on any atom is 0.248 e. The summed E-state index contributed by atoms with van der Waals surface area (Å²) in [6, 6.07) is 14.5. The summed E-state index contributed by atoms with van der Waals surface area (Å²) in [5, 5.41) is 17.3. The van der Waals surface area contributed by atoms with Gasteiger partial charge in [-0.2, -0.15) is 4.80 Å². The van der Waals surface area contributed by atoms with Crippen LogP contribution in [-0.2, 0) is 22.7 Å². The highest BCUT2D eigenvalue weighted by atomic mass is 32.1. The first kappa shape index (κ1) is 26.9. The van der Waals surface area contributed by atoms with E-state index in [1.807, 2.05) is 29.6 Å². The summed E-state index contributed by atoms with van der Waals surface area (Å²) in [5.41, 5.74) is 0.958. The van der Waals surface area contributed by atoms with Gasteiger partial charge < -0.3 is 19.7 Å². The third kappa shape index (κ3) is 6.07. The number of fused-ring (bicyclic) bond motifs is 1. The molecule has 0 bridgehead atoms. The predicted molar refractivity (Wildman–Crippen MR) is 148 cm³/mol. The van der Waals surface area contributed by atoms with Gasteiger partial charge in [-0.1, -0.05) is 43.5 Å². The normalized spacial score (nSPS) is 15.4. The molecule has 1 fully saturated rings. The lowest BCUT2D eigenvalue weighted by Gasteiger charge is -2.32. The molecule has 10 nitrogen and oxygen atoms in total. The Balaban J connectivity index is 1.30. The average molecular weight is 577 g/mol. The van der Waals surface area contributed by atoms with Crippen LogP contribution in [0.5, 0.6) is 11.5 Å². The Labute approximate surface area is 240 Å².